The molecule has 104 valence electrons. The average molecular weight is 258 g/mol. The van der Waals surface area contributed by atoms with E-state index >= 15 is 0 Å². The third-order valence-electron chi connectivity index (χ3n) is 5.21. The highest BCUT2D eigenvalue weighted by atomic mass is 15.2. The third kappa shape index (κ3) is 2.44. The number of nitrogens with zero attached hydrogens (tertiary/aromatic N) is 1. The number of rotatable bonds is 4. The van der Waals surface area contributed by atoms with Gasteiger partial charge in [0.15, 0.2) is 0 Å². The molecular weight excluding hydrogens is 232 g/mol. The topological polar surface area (TPSA) is 29.3 Å². The van der Waals surface area contributed by atoms with Gasteiger partial charge in [-0.15, -0.1) is 0 Å². The van der Waals surface area contributed by atoms with Gasteiger partial charge in [-0.3, -0.25) is 4.90 Å². The summed E-state index contributed by atoms with van der Waals surface area (Å²) in [5.74, 6) is 1.89. The molecule has 19 heavy (non-hydrogen) atoms. The monoisotopic (exact) mass is 258 g/mol. The minimum atomic E-state index is 0.432. The molecule has 2 heteroatoms. The molecule has 1 aliphatic heterocycles. The minimum absolute atomic E-state index is 0.432. The zero-order valence-corrected chi connectivity index (χ0v) is 12.0. The minimum Gasteiger partial charge on any atom is -0.329 e. The maximum absolute atomic E-state index is 6.12. The number of hydrogen-bond acceptors (Lipinski definition) is 2. The second kappa shape index (κ2) is 5.64. The van der Waals surface area contributed by atoms with Crippen molar-refractivity contribution in [1.82, 2.24) is 4.90 Å². The van der Waals surface area contributed by atoms with Gasteiger partial charge >= 0.3 is 0 Å². The van der Waals surface area contributed by atoms with E-state index in [4.69, 9.17) is 5.73 Å². The van der Waals surface area contributed by atoms with Crippen molar-refractivity contribution in [3.8, 4) is 0 Å². The number of fused-ring (bicyclic) bond motifs is 1. The number of nitrogens with two attached hydrogens (primary N) is 1. The molecule has 1 aromatic rings. The largest absolute Gasteiger partial charge is 0.329 e. The van der Waals surface area contributed by atoms with Crippen LogP contribution in [0.1, 0.15) is 43.4 Å². The van der Waals surface area contributed by atoms with Crippen LogP contribution in [-0.4, -0.2) is 24.5 Å². The van der Waals surface area contributed by atoms with Crippen molar-refractivity contribution in [3.05, 3.63) is 35.4 Å². The van der Waals surface area contributed by atoms with Gasteiger partial charge < -0.3 is 5.73 Å². The number of hydrogen-bond donors (Lipinski definition) is 1. The van der Waals surface area contributed by atoms with Crippen LogP contribution < -0.4 is 5.73 Å². The van der Waals surface area contributed by atoms with Crippen molar-refractivity contribution in [1.29, 1.82) is 0 Å². The van der Waals surface area contributed by atoms with Gasteiger partial charge in [0.25, 0.3) is 0 Å². The summed E-state index contributed by atoms with van der Waals surface area (Å²) in [6.45, 7) is 5.52. The Balaban J connectivity index is 1.81. The standard InChI is InChI=1S/C17H26N2/c1-2-13-6-3-4-9-16(13)17(10-18)19-11-14-7-5-8-15(14)12-19/h3-4,6,9,14-15,17H,2,5,7-8,10-12,18H2,1H3. The SMILES string of the molecule is CCc1ccccc1C(CN)N1CC2CCCC2C1. The zero-order valence-electron chi connectivity index (χ0n) is 12.0. The lowest BCUT2D eigenvalue weighted by Gasteiger charge is -2.29. The summed E-state index contributed by atoms with van der Waals surface area (Å²) < 4.78 is 0. The van der Waals surface area contributed by atoms with Crippen LogP contribution in [-0.2, 0) is 6.42 Å². The van der Waals surface area contributed by atoms with Crippen LogP contribution >= 0.6 is 0 Å². The van der Waals surface area contributed by atoms with E-state index in [1.165, 1.54) is 43.5 Å². The fraction of sp³-hybridized carbons (Fsp3) is 0.647. The highest BCUT2D eigenvalue weighted by Gasteiger charge is 2.38. The quantitative estimate of drug-likeness (QED) is 0.899. The summed E-state index contributed by atoms with van der Waals surface area (Å²) >= 11 is 0. The summed E-state index contributed by atoms with van der Waals surface area (Å²) in [4.78, 5) is 2.66. The molecule has 0 spiro atoms. The van der Waals surface area contributed by atoms with Crippen molar-refractivity contribution in [3.63, 3.8) is 0 Å². The Labute approximate surface area is 117 Å². The van der Waals surface area contributed by atoms with Gasteiger partial charge in [0.05, 0.1) is 0 Å². The van der Waals surface area contributed by atoms with Gasteiger partial charge in [0.2, 0.25) is 0 Å². The molecule has 3 rings (SSSR count). The summed E-state index contributed by atoms with van der Waals surface area (Å²) in [7, 11) is 0. The van der Waals surface area contributed by atoms with Gasteiger partial charge in [0.1, 0.15) is 0 Å². The molecule has 2 nitrogen and oxygen atoms in total. The van der Waals surface area contributed by atoms with E-state index in [0.29, 0.717) is 6.04 Å². The van der Waals surface area contributed by atoms with Crippen LogP contribution in [0.4, 0.5) is 0 Å². The van der Waals surface area contributed by atoms with Crippen molar-refractivity contribution in [2.24, 2.45) is 17.6 Å². The van der Waals surface area contributed by atoms with Crippen LogP contribution in [0.15, 0.2) is 24.3 Å². The molecular formula is C17H26N2. The van der Waals surface area contributed by atoms with Crippen molar-refractivity contribution in [2.75, 3.05) is 19.6 Å². The molecule has 1 saturated carbocycles. The molecule has 1 aliphatic carbocycles. The van der Waals surface area contributed by atoms with Crippen LogP contribution in [0.5, 0.6) is 0 Å². The Morgan fingerprint density at radius 1 is 1.21 bits per heavy atom. The molecule has 3 unspecified atom stereocenters. The Morgan fingerprint density at radius 3 is 2.53 bits per heavy atom. The van der Waals surface area contributed by atoms with Gasteiger partial charge in [-0.2, -0.15) is 0 Å². The average Bonchev–Trinajstić information content (AvgIpc) is 3.01. The molecule has 0 bridgehead atoms. The maximum atomic E-state index is 6.12. The van der Waals surface area contributed by atoms with Crippen molar-refractivity contribution >= 4 is 0 Å². The highest BCUT2D eigenvalue weighted by Crippen LogP contribution is 2.41. The van der Waals surface area contributed by atoms with Crippen LogP contribution in [0.2, 0.25) is 0 Å². The number of aryl methyl sites for hydroxylation is 1. The second-order valence-corrected chi connectivity index (χ2v) is 6.21. The first-order valence-electron chi connectivity index (χ1n) is 7.85. The molecule has 2 fully saturated rings. The Hall–Kier alpha value is -0.860. The lowest BCUT2D eigenvalue weighted by molar-refractivity contribution is 0.231. The fourth-order valence-electron chi connectivity index (χ4n) is 4.18. The van der Waals surface area contributed by atoms with Crippen LogP contribution in [0.25, 0.3) is 0 Å². The van der Waals surface area contributed by atoms with Gasteiger partial charge in [-0.25, -0.2) is 0 Å². The molecule has 0 radical (unpaired) electrons. The van der Waals surface area contributed by atoms with Crippen molar-refractivity contribution < 1.29 is 0 Å². The summed E-state index contributed by atoms with van der Waals surface area (Å²) in [5.41, 5.74) is 9.05. The summed E-state index contributed by atoms with van der Waals surface area (Å²) in [5, 5.41) is 0. The van der Waals surface area contributed by atoms with E-state index in [0.717, 1.165) is 24.8 Å². The van der Waals surface area contributed by atoms with Crippen LogP contribution in [0.3, 0.4) is 0 Å². The molecule has 3 atom stereocenters. The van der Waals surface area contributed by atoms with E-state index in [9.17, 15) is 0 Å². The van der Waals surface area contributed by atoms with Gasteiger partial charge in [-0.05, 0) is 42.2 Å². The first kappa shape index (κ1) is 13.1. The Bertz CT molecular complexity index is 417. The smallest absolute Gasteiger partial charge is 0.0473 e. The zero-order chi connectivity index (χ0) is 13.2. The van der Waals surface area contributed by atoms with E-state index in [-0.39, 0.29) is 0 Å². The normalized spacial score (nSPS) is 28.5. The lowest BCUT2D eigenvalue weighted by atomic mass is 9.97. The van der Waals surface area contributed by atoms with E-state index in [1.54, 1.807) is 0 Å². The third-order valence-corrected chi connectivity index (χ3v) is 5.21. The fourth-order valence-corrected chi connectivity index (χ4v) is 4.18. The first-order valence-corrected chi connectivity index (χ1v) is 7.85. The van der Waals surface area contributed by atoms with E-state index in [2.05, 4.69) is 36.1 Å². The molecule has 1 heterocycles. The summed E-state index contributed by atoms with van der Waals surface area (Å²) in [6.07, 6.45) is 5.43. The Kier molecular flexibility index (Phi) is 3.90. The maximum Gasteiger partial charge on any atom is 0.0473 e. The molecule has 1 aromatic carbocycles. The second-order valence-electron chi connectivity index (χ2n) is 6.21. The van der Waals surface area contributed by atoms with E-state index in [1.807, 2.05) is 0 Å². The lowest BCUT2D eigenvalue weighted by Crippen LogP contribution is -2.33. The number of likely N-dealkylation sites (tertiary alicyclic amines) is 1. The summed E-state index contributed by atoms with van der Waals surface area (Å²) in [6, 6.07) is 9.28. The molecule has 2 N–H and O–H groups in total. The van der Waals surface area contributed by atoms with Crippen LogP contribution in [0, 0.1) is 11.8 Å². The van der Waals surface area contributed by atoms with E-state index < -0.39 is 0 Å². The van der Waals surface area contributed by atoms with Gasteiger partial charge in [-0.1, -0.05) is 37.6 Å². The molecule has 0 amide bonds. The number of benzene rings is 1. The predicted octanol–water partition coefficient (Wildman–Crippen LogP) is 2.98. The van der Waals surface area contributed by atoms with Crippen molar-refractivity contribution in [2.45, 2.75) is 38.6 Å². The molecule has 0 aromatic heterocycles. The molecule has 1 saturated heterocycles. The highest BCUT2D eigenvalue weighted by molar-refractivity contribution is 5.30. The predicted molar refractivity (Wildman–Crippen MR) is 80.0 cm³/mol. The first-order chi connectivity index (χ1) is 9.33. The van der Waals surface area contributed by atoms with Gasteiger partial charge in [0, 0.05) is 25.7 Å². The Morgan fingerprint density at radius 2 is 1.89 bits per heavy atom. The molecule has 2 aliphatic rings.